The quantitative estimate of drug-likeness (QED) is 0.302. The van der Waals surface area contributed by atoms with Crippen molar-refractivity contribution < 1.29 is 22.9 Å². The van der Waals surface area contributed by atoms with Crippen LogP contribution in [0.15, 0.2) is 36.5 Å². The number of halogens is 1. The number of pyridine rings is 1. The number of benzene rings is 1. The predicted molar refractivity (Wildman–Crippen MR) is 170 cm³/mol. The van der Waals surface area contributed by atoms with Gasteiger partial charge < -0.3 is 19.7 Å². The predicted octanol–water partition coefficient (Wildman–Crippen LogP) is 6.45. The molecule has 8 nitrogen and oxygen atoms in total. The number of ether oxygens (including phenoxy) is 2. The van der Waals surface area contributed by atoms with Gasteiger partial charge in [-0.1, -0.05) is 18.9 Å². The normalized spacial score (nSPS) is 21.4. The van der Waals surface area contributed by atoms with Crippen LogP contribution in [0.4, 0.5) is 14.9 Å². The molecule has 43 heavy (non-hydrogen) atoms. The molecule has 4 rings (SSSR count). The first-order valence-electron chi connectivity index (χ1n) is 15.3. The smallest absolute Gasteiger partial charge is 0.410 e. The summed E-state index contributed by atoms with van der Waals surface area (Å²) in [6.45, 7) is 14.0. The molecule has 1 aliphatic carbocycles. The third-order valence-corrected chi connectivity index (χ3v) is 9.81. The first kappa shape index (κ1) is 33.3. The topological polar surface area (TPSA) is 92.8 Å². The number of hydrogen-bond acceptors (Lipinski definition) is 6. The molecule has 2 aromatic rings. The number of anilines is 1. The van der Waals surface area contributed by atoms with Gasteiger partial charge in [-0.15, -0.1) is 0 Å². The van der Waals surface area contributed by atoms with E-state index in [0.29, 0.717) is 37.5 Å². The summed E-state index contributed by atoms with van der Waals surface area (Å²) in [6.07, 6.45) is 5.91. The Morgan fingerprint density at radius 1 is 1.12 bits per heavy atom. The molecule has 1 saturated heterocycles. The summed E-state index contributed by atoms with van der Waals surface area (Å²) in [5.74, 6) is 0.243. The fourth-order valence-corrected chi connectivity index (χ4v) is 6.47. The van der Waals surface area contributed by atoms with Gasteiger partial charge in [-0.3, -0.25) is 4.98 Å². The van der Waals surface area contributed by atoms with Gasteiger partial charge in [0, 0.05) is 25.5 Å². The van der Waals surface area contributed by atoms with E-state index in [1.807, 2.05) is 66.7 Å². The van der Waals surface area contributed by atoms with Crippen molar-refractivity contribution >= 4 is 22.8 Å². The molecule has 1 aromatic carbocycles. The third-order valence-electron chi connectivity index (χ3n) is 8.16. The fourth-order valence-electron chi connectivity index (χ4n) is 5.51. The molecule has 1 saturated carbocycles. The maximum atomic E-state index is 15.4. The van der Waals surface area contributed by atoms with Crippen molar-refractivity contribution in [1.82, 2.24) is 14.6 Å². The molecule has 2 N–H and O–H groups in total. The van der Waals surface area contributed by atoms with Crippen LogP contribution in [0.1, 0.15) is 90.5 Å². The van der Waals surface area contributed by atoms with Crippen molar-refractivity contribution in [3.8, 4) is 0 Å². The standard InChI is InChI=1S/C33H49FN4O4S/c1-22-17-25(14-16-35-22)33(15-13-23-9-10-23,37-43(40)32(5,6)7)24-11-12-28(34)29(18-24)36-20-26-19-27(41-8)21-38(26)30(39)42-31(2,3)4/h11-12,14,16-18,23,26-27,36-37H,9-10,13,15,19-21H2,1-8H3/t26-,27-,33?,43-/m1/s1. The number of hydrogen-bond donors (Lipinski definition) is 2. The van der Waals surface area contributed by atoms with Crippen LogP contribution >= 0.6 is 0 Å². The summed E-state index contributed by atoms with van der Waals surface area (Å²) < 4.78 is 43.4. The van der Waals surface area contributed by atoms with Crippen LogP contribution in [-0.4, -0.2) is 62.9 Å². The summed E-state index contributed by atoms with van der Waals surface area (Å²) >= 11 is 0. The maximum Gasteiger partial charge on any atom is 0.410 e. The van der Waals surface area contributed by atoms with Crippen LogP contribution in [-0.2, 0) is 26.0 Å². The lowest BCUT2D eigenvalue weighted by molar-refractivity contribution is 0.0204. The zero-order chi connectivity index (χ0) is 31.6. The zero-order valence-corrected chi connectivity index (χ0v) is 27.8. The number of likely N-dealkylation sites (tertiary alicyclic amines) is 1. The van der Waals surface area contributed by atoms with Gasteiger partial charge in [0.15, 0.2) is 0 Å². The minimum absolute atomic E-state index is 0.128. The number of carbonyl (C=O) groups is 1. The zero-order valence-electron chi connectivity index (χ0n) is 27.0. The minimum atomic E-state index is -1.41. The van der Waals surface area contributed by atoms with Gasteiger partial charge in [-0.05, 0) is 109 Å². The Balaban J connectivity index is 1.69. The largest absolute Gasteiger partial charge is 0.444 e. The van der Waals surface area contributed by atoms with Crippen molar-refractivity contribution in [2.24, 2.45) is 5.92 Å². The first-order valence-corrected chi connectivity index (χ1v) is 16.5. The van der Waals surface area contributed by atoms with Gasteiger partial charge in [-0.25, -0.2) is 18.1 Å². The van der Waals surface area contributed by atoms with Crippen LogP contribution in [0, 0.1) is 18.7 Å². The summed E-state index contributed by atoms with van der Waals surface area (Å²) in [6, 6.07) is 8.84. The highest BCUT2D eigenvalue weighted by molar-refractivity contribution is 7.84. The number of nitrogens with one attached hydrogen (secondary N) is 2. The van der Waals surface area contributed by atoms with Gasteiger partial charge in [0.25, 0.3) is 0 Å². The lowest BCUT2D eigenvalue weighted by Gasteiger charge is -2.38. The van der Waals surface area contributed by atoms with Gasteiger partial charge in [0.2, 0.25) is 0 Å². The molecule has 2 fully saturated rings. The number of amides is 1. The number of methoxy groups -OCH3 is 1. The first-order chi connectivity index (χ1) is 20.1. The highest BCUT2D eigenvalue weighted by atomic mass is 32.2. The van der Waals surface area contributed by atoms with Crippen LogP contribution < -0.4 is 10.0 Å². The molecule has 0 bridgehead atoms. The van der Waals surface area contributed by atoms with Crippen LogP contribution in [0.5, 0.6) is 0 Å². The third kappa shape index (κ3) is 8.54. The molecule has 10 heteroatoms. The molecule has 4 atom stereocenters. The summed E-state index contributed by atoms with van der Waals surface area (Å²) in [7, 11) is 0.226. The summed E-state index contributed by atoms with van der Waals surface area (Å²) in [5.41, 5.74) is 1.50. The molecule has 1 unspecified atom stereocenters. The number of nitrogens with zero attached hydrogens (tertiary/aromatic N) is 2. The van der Waals surface area contributed by atoms with Crippen molar-refractivity contribution in [1.29, 1.82) is 0 Å². The van der Waals surface area contributed by atoms with Gasteiger partial charge in [-0.2, -0.15) is 0 Å². The molecule has 0 spiro atoms. The van der Waals surface area contributed by atoms with E-state index in [1.54, 1.807) is 24.3 Å². The molecule has 238 valence electrons. The van der Waals surface area contributed by atoms with E-state index in [0.717, 1.165) is 23.2 Å². The minimum Gasteiger partial charge on any atom is -0.444 e. The van der Waals surface area contributed by atoms with Crippen LogP contribution in [0.25, 0.3) is 0 Å². The number of carbonyl (C=O) groups excluding carboxylic acids is 1. The molecule has 2 aliphatic rings. The molecule has 1 aliphatic heterocycles. The number of aromatic nitrogens is 1. The SMILES string of the molecule is CO[C@@H]1C[C@H](CNc2cc(C(CCC3CC3)(N[S@](=O)C(C)(C)C)c3ccnc(C)c3)ccc2F)N(C(=O)OC(C)(C)C)C1. The van der Waals surface area contributed by atoms with E-state index in [9.17, 15) is 9.00 Å². The fraction of sp³-hybridized carbons (Fsp3) is 0.636. The Morgan fingerprint density at radius 2 is 1.81 bits per heavy atom. The van der Waals surface area contributed by atoms with Crippen LogP contribution in [0.3, 0.4) is 0 Å². The summed E-state index contributed by atoms with van der Waals surface area (Å²) in [4.78, 5) is 19.1. The Morgan fingerprint density at radius 3 is 2.42 bits per heavy atom. The molecule has 2 heterocycles. The Hall–Kier alpha value is -2.56. The van der Waals surface area contributed by atoms with Crippen molar-refractivity contribution in [2.45, 2.75) is 109 Å². The monoisotopic (exact) mass is 616 g/mol. The highest BCUT2D eigenvalue weighted by Gasteiger charge is 2.41. The lowest BCUT2D eigenvalue weighted by Crippen LogP contribution is -2.49. The Bertz CT molecular complexity index is 1310. The second kappa shape index (κ2) is 13.2. The average molecular weight is 617 g/mol. The second-order valence-corrected chi connectivity index (χ2v) is 16.0. The number of aryl methyl sites for hydroxylation is 1. The van der Waals surface area contributed by atoms with Gasteiger partial charge in [0.05, 0.1) is 45.6 Å². The second-order valence-electron chi connectivity index (χ2n) is 14.0. The Labute approximate surface area is 259 Å². The lowest BCUT2D eigenvalue weighted by atomic mass is 9.79. The van der Waals surface area contributed by atoms with Crippen LogP contribution in [0.2, 0.25) is 0 Å². The van der Waals surface area contributed by atoms with Crippen molar-refractivity contribution in [3.05, 3.63) is 59.2 Å². The molecular formula is C33H49FN4O4S. The van der Waals surface area contributed by atoms with Gasteiger partial charge in [0.1, 0.15) is 11.4 Å². The van der Waals surface area contributed by atoms with Crippen molar-refractivity contribution in [3.63, 3.8) is 0 Å². The average Bonchev–Trinajstić information content (AvgIpc) is 3.66. The molecule has 1 aromatic heterocycles. The van der Waals surface area contributed by atoms with Gasteiger partial charge >= 0.3 is 6.09 Å². The molecule has 1 amide bonds. The maximum absolute atomic E-state index is 15.4. The van der Waals surface area contributed by atoms with E-state index >= 15 is 4.39 Å². The van der Waals surface area contributed by atoms with E-state index < -0.39 is 38.8 Å². The van der Waals surface area contributed by atoms with E-state index in [4.69, 9.17) is 9.47 Å². The van der Waals surface area contributed by atoms with Crippen molar-refractivity contribution in [2.75, 3.05) is 25.5 Å². The van der Waals surface area contributed by atoms with E-state index in [2.05, 4.69) is 15.0 Å². The Kier molecular flexibility index (Phi) is 10.2. The van der Waals surface area contributed by atoms with E-state index in [1.165, 1.54) is 18.9 Å². The van der Waals surface area contributed by atoms with E-state index in [-0.39, 0.29) is 12.1 Å². The molecule has 0 radical (unpaired) electrons. The number of rotatable bonds is 11. The molecular weight excluding hydrogens is 567 g/mol. The summed E-state index contributed by atoms with van der Waals surface area (Å²) in [5, 5.41) is 3.29. The highest BCUT2D eigenvalue weighted by Crippen LogP contribution is 2.43.